The molecule has 5 heteroatoms. The van der Waals surface area contributed by atoms with Crippen LogP contribution in [0.1, 0.15) is 30.9 Å². The number of urea groups is 1. The standard InChI is InChI=1S/C11H14N4O/c12-11(16)15-14-10-6-3-4-8(10)9-5-1-2-7-13-9/h1-2,5,7-8H,3-4,6H2,(H3,12,15,16)/b14-10-. The van der Waals surface area contributed by atoms with E-state index < -0.39 is 6.03 Å². The number of hydrazone groups is 1. The molecule has 3 N–H and O–H groups in total. The largest absolute Gasteiger partial charge is 0.350 e. The van der Waals surface area contributed by atoms with Crippen molar-refractivity contribution < 1.29 is 4.79 Å². The molecule has 2 amide bonds. The summed E-state index contributed by atoms with van der Waals surface area (Å²) in [5.41, 5.74) is 9.23. The maximum atomic E-state index is 10.6. The number of rotatable bonds is 2. The van der Waals surface area contributed by atoms with Gasteiger partial charge in [-0.2, -0.15) is 5.10 Å². The monoisotopic (exact) mass is 218 g/mol. The van der Waals surface area contributed by atoms with Crippen LogP contribution in [-0.4, -0.2) is 16.7 Å². The molecule has 0 aromatic carbocycles. The lowest BCUT2D eigenvalue weighted by atomic mass is 10.0. The van der Waals surface area contributed by atoms with Crippen LogP contribution in [0, 0.1) is 0 Å². The van der Waals surface area contributed by atoms with Gasteiger partial charge >= 0.3 is 6.03 Å². The quantitative estimate of drug-likeness (QED) is 0.735. The number of carbonyl (C=O) groups is 1. The fourth-order valence-electron chi connectivity index (χ4n) is 1.99. The molecular weight excluding hydrogens is 204 g/mol. The fraction of sp³-hybridized carbons (Fsp3) is 0.364. The highest BCUT2D eigenvalue weighted by Crippen LogP contribution is 2.30. The molecule has 0 radical (unpaired) electrons. The number of nitrogens with zero attached hydrogens (tertiary/aromatic N) is 2. The number of aromatic nitrogens is 1. The minimum atomic E-state index is -0.626. The number of hydrogen-bond acceptors (Lipinski definition) is 3. The number of nitrogens with one attached hydrogen (secondary N) is 1. The highest BCUT2D eigenvalue weighted by atomic mass is 16.2. The summed E-state index contributed by atoms with van der Waals surface area (Å²) >= 11 is 0. The third-order valence-electron chi connectivity index (χ3n) is 2.68. The Morgan fingerprint density at radius 1 is 1.56 bits per heavy atom. The number of nitrogens with two attached hydrogens (primary N) is 1. The van der Waals surface area contributed by atoms with Crippen molar-refractivity contribution in [3.8, 4) is 0 Å². The molecule has 1 atom stereocenters. The van der Waals surface area contributed by atoms with Crippen molar-refractivity contribution in [1.82, 2.24) is 10.4 Å². The molecule has 1 aliphatic carbocycles. The van der Waals surface area contributed by atoms with Crippen molar-refractivity contribution in [2.24, 2.45) is 10.8 Å². The number of primary amides is 1. The van der Waals surface area contributed by atoms with Crippen molar-refractivity contribution in [3.63, 3.8) is 0 Å². The summed E-state index contributed by atoms with van der Waals surface area (Å²) in [7, 11) is 0. The molecule has 0 spiro atoms. The van der Waals surface area contributed by atoms with E-state index in [1.807, 2.05) is 18.2 Å². The van der Waals surface area contributed by atoms with Crippen LogP contribution in [0.5, 0.6) is 0 Å². The van der Waals surface area contributed by atoms with E-state index in [-0.39, 0.29) is 5.92 Å². The Morgan fingerprint density at radius 3 is 3.12 bits per heavy atom. The van der Waals surface area contributed by atoms with Gasteiger partial charge in [-0.15, -0.1) is 0 Å². The maximum Gasteiger partial charge on any atom is 0.332 e. The van der Waals surface area contributed by atoms with E-state index >= 15 is 0 Å². The van der Waals surface area contributed by atoms with Crippen LogP contribution in [0.3, 0.4) is 0 Å². The van der Waals surface area contributed by atoms with Gasteiger partial charge in [0.2, 0.25) is 0 Å². The molecule has 1 aliphatic rings. The smallest absolute Gasteiger partial charge is 0.332 e. The molecule has 0 aliphatic heterocycles. The second-order valence-corrected chi connectivity index (χ2v) is 3.78. The Labute approximate surface area is 93.8 Å². The van der Waals surface area contributed by atoms with E-state index in [0.717, 1.165) is 30.7 Å². The normalized spacial score (nSPS) is 22.2. The number of amides is 2. The van der Waals surface area contributed by atoms with Gasteiger partial charge in [0, 0.05) is 23.5 Å². The van der Waals surface area contributed by atoms with Crippen LogP contribution in [0.2, 0.25) is 0 Å². The third-order valence-corrected chi connectivity index (χ3v) is 2.68. The summed E-state index contributed by atoms with van der Waals surface area (Å²) in [6, 6.07) is 5.20. The fourth-order valence-corrected chi connectivity index (χ4v) is 1.99. The first kappa shape index (κ1) is 10.6. The average Bonchev–Trinajstić information content (AvgIpc) is 2.75. The van der Waals surface area contributed by atoms with Crippen LogP contribution in [0.25, 0.3) is 0 Å². The first-order valence-corrected chi connectivity index (χ1v) is 5.30. The Bertz CT molecular complexity index is 402. The molecule has 1 unspecified atom stereocenters. The Morgan fingerprint density at radius 2 is 2.44 bits per heavy atom. The van der Waals surface area contributed by atoms with Gasteiger partial charge in [0.25, 0.3) is 0 Å². The molecule has 16 heavy (non-hydrogen) atoms. The molecule has 0 bridgehead atoms. The predicted octanol–water partition coefficient (Wildman–Crippen LogP) is 1.37. The van der Waals surface area contributed by atoms with E-state index in [1.165, 1.54) is 0 Å². The maximum absolute atomic E-state index is 10.6. The summed E-state index contributed by atoms with van der Waals surface area (Å²) in [6.07, 6.45) is 4.76. The summed E-state index contributed by atoms with van der Waals surface area (Å²) in [5, 5.41) is 4.03. The zero-order valence-electron chi connectivity index (χ0n) is 8.89. The van der Waals surface area contributed by atoms with E-state index in [2.05, 4.69) is 15.5 Å². The van der Waals surface area contributed by atoms with Crippen LogP contribution < -0.4 is 11.2 Å². The van der Waals surface area contributed by atoms with Crippen molar-refractivity contribution in [1.29, 1.82) is 0 Å². The average molecular weight is 218 g/mol. The Hall–Kier alpha value is -1.91. The van der Waals surface area contributed by atoms with Crippen LogP contribution in [0.15, 0.2) is 29.5 Å². The van der Waals surface area contributed by atoms with Crippen LogP contribution >= 0.6 is 0 Å². The molecule has 1 heterocycles. The van der Waals surface area contributed by atoms with Gasteiger partial charge in [0.15, 0.2) is 0 Å². The lowest BCUT2D eigenvalue weighted by molar-refractivity contribution is 0.249. The zero-order valence-corrected chi connectivity index (χ0v) is 8.89. The summed E-state index contributed by atoms with van der Waals surface area (Å²) < 4.78 is 0. The van der Waals surface area contributed by atoms with Gasteiger partial charge in [-0.1, -0.05) is 6.07 Å². The molecule has 1 aromatic heterocycles. The van der Waals surface area contributed by atoms with Crippen molar-refractivity contribution in [2.75, 3.05) is 0 Å². The predicted molar refractivity (Wildman–Crippen MR) is 61.0 cm³/mol. The van der Waals surface area contributed by atoms with Gasteiger partial charge in [-0.3, -0.25) is 4.98 Å². The number of pyridine rings is 1. The molecule has 1 aromatic rings. The molecule has 2 rings (SSSR count). The third kappa shape index (κ3) is 2.36. The highest BCUT2D eigenvalue weighted by Gasteiger charge is 2.25. The summed E-state index contributed by atoms with van der Waals surface area (Å²) in [4.78, 5) is 14.9. The molecule has 1 fully saturated rings. The Balaban J connectivity index is 2.15. The number of hydrogen-bond donors (Lipinski definition) is 2. The van der Waals surface area contributed by atoms with E-state index in [9.17, 15) is 4.79 Å². The van der Waals surface area contributed by atoms with Gasteiger partial charge in [-0.25, -0.2) is 10.2 Å². The van der Waals surface area contributed by atoms with Crippen molar-refractivity contribution in [2.45, 2.75) is 25.2 Å². The minimum Gasteiger partial charge on any atom is -0.350 e. The topological polar surface area (TPSA) is 80.4 Å². The number of carbonyl (C=O) groups excluding carboxylic acids is 1. The highest BCUT2D eigenvalue weighted by molar-refractivity contribution is 5.93. The Kier molecular flexibility index (Phi) is 3.14. The second-order valence-electron chi connectivity index (χ2n) is 3.78. The summed E-state index contributed by atoms with van der Waals surface area (Å²) in [6.45, 7) is 0. The van der Waals surface area contributed by atoms with Gasteiger partial charge in [-0.05, 0) is 31.4 Å². The van der Waals surface area contributed by atoms with Crippen LogP contribution in [-0.2, 0) is 0 Å². The van der Waals surface area contributed by atoms with Gasteiger partial charge in [0.1, 0.15) is 0 Å². The molecule has 1 saturated carbocycles. The zero-order chi connectivity index (χ0) is 11.4. The molecule has 84 valence electrons. The van der Waals surface area contributed by atoms with Crippen molar-refractivity contribution >= 4 is 11.7 Å². The molecular formula is C11H14N4O. The lowest BCUT2D eigenvalue weighted by Crippen LogP contribution is -2.26. The van der Waals surface area contributed by atoms with E-state index in [4.69, 9.17) is 5.73 Å². The van der Waals surface area contributed by atoms with Gasteiger partial charge in [0.05, 0.1) is 0 Å². The van der Waals surface area contributed by atoms with Gasteiger partial charge < -0.3 is 5.73 Å². The SMILES string of the molecule is NC(=O)N/N=C1/CCCC1c1ccccn1. The first-order chi connectivity index (χ1) is 7.77. The minimum absolute atomic E-state index is 0.216. The first-order valence-electron chi connectivity index (χ1n) is 5.30. The van der Waals surface area contributed by atoms with E-state index in [1.54, 1.807) is 6.20 Å². The lowest BCUT2D eigenvalue weighted by Gasteiger charge is -2.09. The summed E-state index contributed by atoms with van der Waals surface area (Å²) in [5.74, 6) is 0.216. The molecule has 5 nitrogen and oxygen atoms in total. The van der Waals surface area contributed by atoms with Crippen LogP contribution in [0.4, 0.5) is 4.79 Å². The van der Waals surface area contributed by atoms with E-state index in [0.29, 0.717) is 0 Å². The van der Waals surface area contributed by atoms with Crippen molar-refractivity contribution in [3.05, 3.63) is 30.1 Å². The molecule has 0 saturated heterocycles. The second kappa shape index (κ2) is 4.74.